The molecule has 0 aromatic heterocycles. The first-order valence-corrected chi connectivity index (χ1v) is 3.84. The van der Waals surface area contributed by atoms with Gasteiger partial charge in [0.25, 0.3) is 0 Å². The second kappa shape index (κ2) is 3.38. The molecule has 0 bridgehead atoms. The lowest BCUT2D eigenvalue weighted by Crippen LogP contribution is -2.34. The van der Waals surface area contributed by atoms with Crippen molar-refractivity contribution in [1.29, 1.82) is 0 Å². The van der Waals surface area contributed by atoms with Gasteiger partial charge in [0.1, 0.15) is 0 Å². The minimum absolute atomic E-state index is 0.188. The first kappa shape index (κ1) is 8.77. The fourth-order valence-corrected chi connectivity index (χ4v) is 1.20. The highest BCUT2D eigenvalue weighted by molar-refractivity contribution is 5.94. The van der Waals surface area contributed by atoms with E-state index in [1.54, 1.807) is 11.0 Å². The summed E-state index contributed by atoms with van der Waals surface area (Å²) in [5.74, 6) is -0.188. The number of hydrogen-bond donors (Lipinski definition) is 0. The molecule has 1 saturated heterocycles. The van der Waals surface area contributed by atoms with E-state index in [2.05, 4.69) is 6.58 Å². The summed E-state index contributed by atoms with van der Waals surface area (Å²) >= 11 is 0. The molecule has 0 aliphatic carbocycles. The van der Waals surface area contributed by atoms with Crippen LogP contribution in [0.15, 0.2) is 12.7 Å². The van der Waals surface area contributed by atoms with E-state index in [-0.39, 0.29) is 11.9 Å². The maximum absolute atomic E-state index is 11.3. The van der Waals surface area contributed by atoms with E-state index >= 15 is 0 Å². The van der Waals surface area contributed by atoms with E-state index in [9.17, 15) is 9.59 Å². The molecule has 0 unspecified atom stereocenters. The average molecular weight is 168 g/mol. The summed E-state index contributed by atoms with van der Waals surface area (Å²) in [6.45, 7) is 6.56. The van der Waals surface area contributed by atoms with E-state index in [0.717, 1.165) is 0 Å². The molecule has 0 aromatic rings. The van der Waals surface area contributed by atoms with Gasteiger partial charge < -0.3 is 4.90 Å². The first-order chi connectivity index (χ1) is 5.66. The lowest BCUT2D eigenvalue weighted by atomic mass is 10.5. The van der Waals surface area contributed by atoms with Crippen LogP contribution in [0.2, 0.25) is 0 Å². The molecule has 4 heteroatoms. The quantitative estimate of drug-likeness (QED) is 0.562. The van der Waals surface area contributed by atoms with Crippen LogP contribution >= 0.6 is 0 Å². The molecular weight excluding hydrogens is 156 g/mol. The summed E-state index contributed by atoms with van der Waals surface area (Å²) < 4.78 is 0. The van der Waals surface area contributed by atoms with Crippen LogP contribution in [0.3, 0.4) is 0 Å². The van der Waals surface area contributed by atoms with Gasteiger partial charge in [-0.3, -0.25) is 9.69 Å². The van der Waals surface area contributed by atoms with Crippen LogP contribution in [0.5, 0.6) is 0 Å². The lowest BCUT2D eigenvalue weighted by Gasteiger charge is -2.13. The van der Waals surface area contributed by atoms with Crippen molar-refractivity contribution in [3.63, 3.8) is 0 Å². The van der Waals surface area contributed by atoms with Gasteiger partial charge in [-0.15, -0.1) is 6.58 Å². The number of amides is 3. The summed E-state index contributed by atoms with van der Waals surface area (Å²) in [6, 6.07) is -0.206. The normalized spacial score (nSPS) is 16.9. The van der Waals surface area contributed by atoms with Crippen molar-refractivity contribution < 1.29 is 9.59 Å². The molecule has 1 heterocycles. The van der Waals surface area contributed by atoms with E-state index in [1.807, 2.05) is 0 Å². The Morgan fingerprint density at radius 1 is 1.67 bits per heavy atom. The van der Waals surface area contributed by atoms with Gasteiger partial charge in [-0.25, -0.2) is 4.79 Å². The Morgan fingerprint density at radius 3 is 2.75 bits per heavy atom. The molecule has 12 heavy (non-hydrogen) atoms. The van der Waals surface area contributed by atoms with Crippen LogP contribution in [-0.2, 0) is 4.79 Å². The second-order valence-electron chi connectivity index (χ2n) is 2.69. The smallest absolute Gasteiger partial charge is 0.319 e. The van der Waals surface area contributed by atoms with E-state index in [1.165, 1.54) is 11.8 Å². The molecule has 3 amide bonds. The monoisotopic (exact) mass is 168 g/mol. The molecule has 0 N–H and O–H groups in total. The highest BCUT2D eigenvalue weighted by Crippen LogP contribution is 2.07. The lowest BCUT2D eigenvalue weighted by molar-refractivity contribution is -0.125. The number of hydrogen-bond acceptors (Lipinski definition) is 2. The molecule has 66 valence electrons. The number of carbonyl (C=O) groups excluding carboxylic acids is 2. The van der Waals surface area contributed by atoms with Crippen molar-refractivity contribution >= 4 is 11.9 Å². The van der Waals surface area contributed by atoms with Crippen molar-refractivity contribution in [2.45, 2.75) is 6.92 Å². The van der Waals surface area contributed by atoms with Crippen LogP contribution in [-0.4, -0.2) is 41.4 Å². The van der Waals surface area contributed by atoms with Crippen LogP contribution < -0.4 is 0 Å². The number of nitrogens with zero attached hydrogens (tertiary/aromatic N) is 2. The van der Waals surface area contributed by atoms with Crippen molar-refractivity contribution in [2.75, 3.05) is 19.6 Å². The van der Waals surface area contributed by atoms with Gasteiger partial charge >= 0.3 is 6.03 Å². The Balaban J connectivity index is 2.60. The predicted molar refractivity (Wildman–Crippen MR) is 44.6 cm³/mol. The first-order valence-electron chi connectivity index (χ1n) is 3.84. The van der Waals surface area contributed by atoms with Gasteiger partial charge in [0.05, 0.1) is 0 Å². The van der Waals surface area contributed by atoms with E-state index in [4.69, 9.17) is 0 Å². The molecule has 1 rings (SSSR count). The summed E-state index contributed by atoms with van der Waals surface area (Å²) in [5, 5.41) is 0. The largest absolute Gasteiger partial charge is 0.327 e. The maximum atomic E-state index is 11.3. The van der Waals surface area contributed by atoms with Crippen LogP contribution in [0, 0.1) is 0 Å². The molecule has 0 atom stereocenters. The number of imide groups is 1. The van der Waals surface area contributed by atoms with Crippen molar-refractivity contribution in [1.82, 2.24) is 9.80 Å². The van der Waals surface area contributed by atoms with Crippen LogP contribution in [0.4, 0.5) is 4.79 Å². The van der Waals surface area contributed by atoms with Crippen LogP contribution in [0.1, 0.15) is 6.92 Å². The SMILES string of the molecule is C=CCN1CCN(C(C)=O)C1=O. The van der Waals surface area contributed by atoms with Crippen LogP contribution in [0.25, 0.3) is 0 Å². The third-order valence-electron chi connectivity index (χ3n) is 1.82. The second-order valence-corrected chi connectivity index (χ2v) is 2.69. The van der Waals surface area contributed by atoms with Gasteiger partial charge in [-0.05, 0) is 0 Å². The fraction of sp³-hybridized carbons (Fsp3) is 0.500. The summed E-state index contributed by atoms with van der Waals surface area (Å²) in [5.41, 5.74) is 0. The van der Waals surface area contributed by atoms with Gasteiger partial charge in [-0.2, -0.15) is 0 Å². The van der Waals surface area contributed by atoms with Crippen molar-refractivity contribution in [2.24, 2.45) is 0 Å². The maximum Gasteiger partial charge on any atom is 0.327 e. The molecular formula is C8H12N2O2. The average Bonchev–Trinajstić information content (AvgIpc) is 2.34. The molecule has 1 aliphatic heterocycles. The van der Waals surface area contributed by atoms with E-state index < -0.39 is 0 Å². The predicted octanol–water partition coefficient (Wildman–Crippen LogP) is 0.457. The third kappa shape index (κ3) is 1.47. The number of rotatable bonds is 2. The molecule has 4 nitrogen and oxygen atoms in total. The fourth-order valence-electron chi connectivity index (χ4n) is 1.20. The standard InChI is InChI=1S/C8H12N2O2/c1-3-4-9-5-6-10(7(2)11)8(9)12/h3H,1,4-6H2,2H3. The molecule has 0 aromatic carbocycles. The number of carbonyl (C=O) groups is 2. The van der Waals surface area contributed by atoms with Gasteiger partial charge in [-0.1, -0.05) is 6.08 Å². The molecule has 1 fully saturated rings. The highest BCUT2D eigenvalue weighted by Gasteiger charge is 2.29. The Kier molecular flexibility index (Phi) is 2.47. The third-order valence-corrected chi connectivity index (χ3v) is 1.82. The summed E-state index contributed by atoms with van der Waals surface area (Å²) in [6.07, 6.45) is 1.65. The Morgan fingerprint density at radius 2 is 2.33 bits per heavy atom. The topological polar surface area (TPSA) is 40.6 Å². The number of urea groups is 1. The van der Waals surface area contributed by atoms with Gasteiger partial charge in [0.2, 0.25) is 5.91 Å². The van der Waals surface area contributed by atoms with Gasteiger partial charge in [0, 0.05) is 26.6 Å². The molecule has 0 saturated carbocycles. The molecule has 0 radical (unpaired) electrons. The van der Waals surface area contributed by atoms with Crippen molar-refractivity contribution in [3.05, 3.63) is 12.7 Å². The van der Waals surface area contributed by atoms with Crippen molar-refractivity contribution in [3.8, 4) is 0 Å². The highest BCUT2D eigenvalue weighted by atomic mass is 16.2. The molecule has 0 spiro atoms. The Hall–Kier alpha value is -1.32. The van der Waals surface area contributed by atoms with Gasteiger partial charge in [0.15, 0.2) is 0 Å². The minimum Gasteiger partial charge on any atom is -0.319 e. The van der Waals surface area contributed by atoms with E-state index in [0.29, 0.717) is 19.6 Å². The zero-order chi connectivity index (χ0) is 9.14. The zero-order valence-electron chi connectivity index (χ0n) is 7.12. The Labute approximate surface area is 71.4 Å². The Bertz CT molecular complexity index is 225. The summed E-state index contributed by atoms with van der Waals surface area (Å²) in [4.78, 5) is 25.0. The zero-order valence-corrected chi connectivity index (χ0v) is 7.12. The summed E-state index contributed by atoms with van der Waals surface area (Å²) in [7, 11) is 0. The minimum atomic E-state index is -0.206. The molecule has 1 aliphatic rings.